The fraction of sp³-hybridized carbons (Fsp3) is 0.700. The second kappa shape index (κ2) is 34.7. The third-order valence-corrected chi connectivity index (χ3v) is 8.09. The molecule has 0 saturated carbocycles. The number of aliphatic hydroxyl groups is 1. The number of hydrogen-bond acceptors (Lipinski definition) is 6. The van der Waals surface area contributed by atoms with Crippen molar-refractivity contribution >= 4 is 23.8 Å². The van der Waals surface area contributed by atoms with E-state index in [0.29, 0.717) is 12.8 Å². The molecule has 0 spiro atoms. The summed E-state index contributed by atoms with van der Waals surface area (Å²) in [7, 11) is 0. The number of nitrogens with one attached hydrogen (secondary N) is 2. The minimum Gasteiger partial charge on any atom is -0.480 e. The number of aliphatic hydroxyl groups excluding tert-OH is 1. The van der Waals surface area contributed by atoms with Crippen LogP contribution in [-0.2, 0) is 23.9 Å². The van der Waals surface area contributed by atoms with Gasteiger partial charge in [-0.05, 0) is 77.0 Å². The van der Waals surface area contributed by atoms with Gasteiger partial charge in [-0.25, -0.2) is 4.79 Å². The van der Waals surface area contributed by atoms with E-state index in [1.165, 1.54) is 25.7 Å². The van der Waals surface area contributed by atoms with E-state index >= 15 is 0 Å². The highest BCUT2D eigenvalue weighted by Gasteiger charge is 2.19. The number of hydrogen-bond donors (Lipinski definition) is 4. The van der Waals surface area contributed by atoms with Crippen molar-refractivity contribution in [3.8, 4) is 0 Å². The van der Waals surface area contributed by atoms with Gasteiger partial charge in [0.2, 0.25) is 11.8 Å². The fourth-order valence-electron chi connectivity index (χ4n) is 5.17. The maximum absolute atomic E-state index is 12.6. The third kappa shape index (κ3) is 31.8. The van der Waals surface area contributed by atoms with Crippen LogP contribution < -0.4 is 10.6 Å². The monoisotopic (exact) mass is 689 g/mol. The quantitative estimate of drug-likeness (QED) is 0.0308. The molecule has 0 radical (unpaired) electrons. The van der Waals surface area contributed by atoms with Gasteiger partial charge in [0.15, 0.2) is 0 Å². The molecule has 280 valence electrons. The van der Waals surface area contributed by atoms with Crippen molar-refractivity contribution in [2.24, 2.45) is 0 Å². The molecule has 0 bridgehead atoms. The van der Waals surface area contributed by atoms with Crippen LogP contribution in [0.5, 0.6) is 0 Å². The lowest BCUT2D eigenvalue weighted by atomic mass is 10.0. The average Bonchev–Trinajstić information content (AvgIpc) is 3.08. The van der Waals surface area contributed by atoms with Gasteiger partial charge in [-0.3, -0.25) is 14.4 Å². The molecule has 4 N–H and O–H groups in total. The number of ether oxygens (including phenoxy) is 1. The number of rotatable bonds is 33. The number of carbonyl (C=O) groups excluding carboxylic acids is 3. The van der Waals surface area contributed by atoms with Gasteiger partial charge >= 0.3 is 11.9 Å². The molecule has 0 aliphatic carbocycles. The number of esters is 1. The Hall–Kier alpha value is -3.20. The number of carbonyl (C=O) groups is 4. The predicted octanol–water partition coefficient (Wildman–Crippen LogP) is 8.42. The van der Waals surface area contributed by atoms with Gasteiger partial charge in [-0.2, -0.15) is 0 Å². The summed E-state index contributed by atoms with van der Waals surface area (Å²) in [6.07, 6.45) is 38.8. The molecule has 49 heavy (non-hydrogen) atoms. The number of unbranched alkanes of at least 4 members (excludes halogenated alkanes) is 11. The minimum absolute atomic E-state index is 0.0889. The lowest BCUT2D eigenvalue weighted by Gasteiger charge is -2.18. The summed E-state index contributed by atoms with van der Waals surface area (Å²) in [5.74, 6) is -2.41. The molecule has 2 atom stereocenters. The Kier molecular flexibility index (Phi) is 32.4. The smallest absolute Gasteiger partial charge is 0.328 e. The first-order chi connectivity index (χ1) is 23.8. The molecular formula is C40H68N2O7. The highest BCUT2D eigenvalue weighted by Crippen LogP contribution is 2.17. The minimum atomic E-state index is -1.39. The lowest BCUT2D eigenvalue weighted by Crippen LogP contribution is -2.47. The van der Waals surface area contributed by atoms with Crippen molar-refractivity contribution < 1.29 is 34.1 Å². The molecule has 0 aliphatic rings. The second-order valence-electron chi connectivity index (χ2n) is 12.6. The van der Waals surface area contributed by atoms with E-state index < -0.39 is 24.5 Å². The first kappa shape index (κ1) is 45.8. The van der Waals surface area contributed by atoms with Gasteiger partial charge in [0.1, 0.15) is 12.1 Å². The van der Waals surface area contributed by atoms with E-state index in [4.69, 9.17) is 14.9 Å². The van der Waals surface area contributed by atoms with Gasteiger partial charge in [0.25, 0.3) is 0 Å². The van der Waals surface area contributed by atoms with Gasteiger partial charge < -0.3 is 25.6 Å². The summed E-state index contributed by atoms with van der Waals surface area (Å²) in [5, 5.41) is 22.5. The van der Waals surface area contributed by atoms with Crippen molar-refractivity contribution in [2.75, 3.05) is 13.2 Å². The Labute approximate surface area is 297 Å². The molecule has 0 saturated heterocycles. The topological polar surface area (TPSA) is 142 Å². The van der Waals surface area contributed by atoms with Crippen LogP contribution >= 0.6 is 0 Å². The normalized spacial score (nSPS) is 13.0. The lowest BCUT2D eigenvalue weighted by molar-refractivity contribution is -0.150. The summed E-state index contributed by atoms with van der Waals surface area (Å²) in [6, 6.07) is -1.39. The summed E-state index contributed by atoms with van der Waals surface area (Å²) < 4.78 is 5.88. The first-order valence-corrected chi connectivity index (χ1v) is 19.0. The van der Waals surface area contributed by atoms with Crippen LogP contribution in [0.4, 0.5) is 0 Å². The molecule has 9 heteroatoms. The molecule has 0 aromatic rings. The number of aliphatic carboxylic acids is 1. The van der Waals surface area contributed by atoms with Crippen molar-refractivity contribution in [3.05, 3.63) is 48.6 Å². The van der Waals surface area contributed by atoms with E-state index in [2.05, 4.69) is 73.1 Å². The van der Waals surface area contributed by atoms with Crippen LogP contribution in [0.15, 0.2) is 48.6 Å². The van der Waals surface area contributed by atoms with Crippen LogP contribution in [-0.4, -0.2) is 59.3 Å². The van der Waals surface area contributed by atoms with Crippen molar-refractivity contribution in [1.82, 2.24) is 10.6 Å². The number of amides is 2. The van der Waals surface area contributed by atoms with Crippen molar-refractivity contribution in [3.63, 3.8) is 0 Å². The van der Waals surface area contributed by atoms with E-state index in [0.717, 1.165) is 96.3 Å². The van der Waals surface area contributed by atoms with Crippen LogP contribution in [0.3, 0.4) is 0 Å². The molecule has 0 aromatic carbocycles. The Morgan fingerprint density at radius 3 is 1.76 bits per heavy atom. The SMILES string of the molecule is CC/C=C\C/C=C\C/C=C\C/C=C\CCCCCCCCC(=O)OC(CCCCCC)CCCCCC(=O)NCC(=O)NC(CO)C(=O)O. The zero-order valence-electron chi connectivity index (χ0n) is 30.7. The molecule has 0 rings (SSSR count). The van der Waals surface area contributed by atoms with Crippen LogP contribution in [0.25, 0.3) is 0 Å². The van der Waals surface area contributed by atoms with E-state index in [1.807, 2.05) is 0 Å². The number of allylic oxidation sites excluding steroid dienone is 8. The Bertz CT molecular complexity index is 974. The summed E-state index contributed by atoms with van der Waals surface area (Å²) in [5.41, 5.74) is 0. The van der Waals surface area contributed by atoms with E-state index in [-0.39, 0.29) is 30.9 Å². The molecular weight excluding hydrogens is 620 g/mol. The first-order valence-electron chi connectivity index (χ1n) is 19.0. The maximum Gasteiger partial charge on any atom is 0.328 e. The van der Waals surface area contributed by atoms with Gasteiger partial charge in [0, 0.05) is 12.8 Å². The van der Waals surface area contributed by atoms with Gasteiger partial charge in [-0.15, -0.1) is 0 Å². The number of carboxylic acids is 1. The van der Waals surface area contributed by atoms with E-state index in [9.17, 15) is 19.2 Å². The average molecular weight is 689 g/mol. The third-order valence-electron chi connectivity index (χ3n) is 8.09. The zero-order chi connectivity index (χ0) is 36.2. The number of carboxylic acid groups (broad SMARTS) is 1. The summed E-state index contributed by atoms with van der Waals surface area (Å²) >= 11 is 0. The fourth-order valence-corrected chi connectivity index (χ4v) is 5.17. The molecule has 0 aromatic heterocycles. The highest BCUT2D eigenvalue weighted by molar-refractivity contribution is 5.87. The van der Waals surface area contributed by atoms with Crippen LogP contribution in [0.1, 0.15) is 155 Å². The molecule has 0 aliphatic heterocycles. The molecule has 0 fully saturated rings. The maximum atomic E-state index is 12.6. The highest BCUT2D eigenvalue weighted by atomic mass is 16.5. The largest absolute Gasteiger partial charge is 0.480 e. The molecule has 0 heterocycles. The zero-order valence-corrected chi connectivity index (χ0v) is 30.7. The van der Waals surface area contributed by atoms with E-state index in [1.54, 1.807) is 0 Å². The molecule has 2 unspecified atom stereocenters. The Morgan fingerprint density at radius 1 is 0.633 bits per heavy atom. The Morgan fingerprint density at radius 2 is 1.16 bits per heavy atom. The summed E-state index contributed by atoms with van der Waals surface area (Å²) in [4.78, 5) is 47.3. The predicted molar refractivity (Wildman–Crippen MR) is 199 cm³/mol. The second-order valence-corrected chi connectivity index (χ2v) is 12.6. The van der Waals surface area contributed by atoms with Gasteiger partial charge in [0.05, 0.1) is 13.2 Å². The standard InChI is InChI=1S/C40H68N2O7/c1-3-5-7-9-10-11-12-13-14-15-16-17-18-19-20-21-22-23-28-32-39(46)49-35(29-25-8-6-4-2)30-26-24-27-31-37(44)41-33-38(45)42-36(34-43)40(47)48/h5,7,10-11,13-14,16-17,35-36,43H,3-4,6,8-9,12,15,18-34H2,1-2H3,(H,41,44)(H,42,45)(H,47,48)/b7-5-,11-10-,14-13-,17-16-. The molecule has 2 amide bonds. The van der Waals surface area contributed by atoms with Crippen molar-refractivity contribution in [1.29, 1.82) is 0 Å². The van der Waals surface area contributed by atoms with Crippen LogP contribution in [0, 0.1) is 0 Å². The Balaban J connectivity index is 4.06. The van der Waals surface area contributed by atoms with Crippen LogP contribution in [0.2, 0.25) is 0 Å². The molecule has 9 nitrogen and oxygen atoms in total. The van der Waals surface area contributed by atoms with Crippen molar-refractivity contribution in [2.45, 2.75) is 167 Å². The summed E-state index contributed by atoms with van der Waals surface area (Å²) in [6.45, 7) is 3.26. The van der Waals surface area contributed by atoms with Gasteiger partial charge in [-0.1, -0.05) is 114 Å².